The maximum absolute atomic E-state index is 11.8. The number of nitrogens with zero attached hydrogens (tertiary/aromatic N) is 2. The summed E-state index contributed by atoms with van der Waals surface area (Å²) >= 11 is 0. The summed E-state index contributed by atoms with van der Waals surface area (Å²) in [5.74, 6) is -0.0484. The van der Waals surface area contributed by atoms with Crippen LogP contribution in [0.25, 0.3) is 0 Å². The van der Waals surface area contributed by atoms with E-state index in [1.165, 1.54) is 12.7 Å². The Balaban J connectivity index is 2.10. The molecule has 2 heterocycles. The maximum Gasteiger partial charge on any atom is 0.276 e. The Morgan fingerprint density at radius 1 is 1.79 bits per heavy atom. The van der Waals surface area contributed by atoms with Crippen LogP contribution in [0, 0.1) is 0 Å². The summed E-state index contributed by atoms with van der Waals surface area (Å²) in [7, 11) is 0. The lowest BCUT2D eigenvalue weighted by molar-refractivity contribution is 0.0649. The molecule has 1 fully saturated rings. The van der Waals surface area contributed by atoms with E-state index < -0.39 is 0 Å². The number of nitrogens with one attached hydrogen (secondary N) is 1. The second-order valence-electron chi connectivity index (χ2n) is 3.43. The molecule has 0 aromatic carbocycles. The summed E-state index contributed by atoms with van der Waals surface area (Å²) in [5.41, 5.74) is 0.388. The van der Waals surface area contributed by atoms with Gasteiger partial charge in [-0.25, -0.2) is 4.98 Å². The molecule has 1 saturated heterocycles. The first-order chi connectivity index (χ1) is 6.79. The number of oxazole rings is 1. The van der Waals surface area contributed by atoms with Crippen molar-refractivity contribution in [3.63, 3.8) is 0 Å². The number of carbonyl (C=O) groups is 1. The molecule has 1 unspecified atom stereocenters. The smallest absolute Gasteiger partial charge is 0.276 e. The lowest BCUT2D eigenvalue weighted by Gasteiger charge is -2.33. The zero-order valence-corrected chi connectivity index (χ0v) is 8.06. The van der Waals surface area contributed by atoms with E-state index in [0.29, 0.717) is 5.69 Å². The van der Waals surface area contributed by atoms with Crippen molar-refractivity contribution in [2.45, 2.75) is 13.0 Å². The van der Waals surface area contributed by atoms with Crippen LogP contribution in [0.15, 0.2) is 17.1 Å². The van der Waals surface area contributed by atoms with E-state index in [1.54, 1.807) is 0 Å². The van der Waals surface area contributed by atoms with Gasteiger partial charge in [0.15, 0.2) is 12.1 Å². The van der Waals surface area contributed by atoms with Gasteiger partial charge in [-0.3, -0.25) is 4.79 Å². The second-order valence-corrected chi connectivity index (χ2v) is 3.43. The van der Waals surface area contributed by atoms with Gasteiger partial charge in [0.25, 0.3) is 5.91 Å². The summed E-state index contributed by atoms with van der Waals surface area (Å²) in [6.45, 7) is 4.43. The zero-order chi connectivity index (χ0) is 9.97. The van der Waals surface area contributed by atoms with E-state index in [9.17, 15) is 4.79 Å². The molecule has 1 amide bonds. The number of rotatable bonds is 1. The minimum atomic E-state index is -0.0484. The summed E-state index contributed by atoms with van der Waals surface area (Å²) < 4.78 is 4.79. The average molecular weight is 195 g/mol. The van der Waals surface area contributed by atoms with Gasteiger partial charge < -0.3 is 14.6 Å². The van der Waals surface area contributed by atoms with Crippen LogP contribution in [0.5, 0.6) is 0 Å². The Labute approximate surface area is 82.1 Å². The molecule has 1 N–H and O–H groups in total. The van der Waals surface area contributed by atoms with Gasteiger partial charge in [0.05, 0.1) is 0 Å². The molecule has 1 aromatic heterocycles. The van der Waals surface area contributed by atoms with Gasteiger partial charge >= 0.3 is 0 Å². The first-order valence-corrected chi connectivity index (χ1v) is 4.69. The number of hydrogen-bond donors (Lipinski definition) is 1. The number of amides is 1. The number of piperazine rings is 1. The number of carbonyl (C=O) groups excluding carboxylic acids is 1. The summed E-state index contributed by atoms with van der Waals surface area (Å²) in [4.78, 5) is 17.5. The van der Waals surface area contributed by atoms with Crippen LogP contribution in [0.1, 0.15) is 17.4 Å². The van der Waals surface area contributed by atoms with E-state index in [1.807, 2.05) is 11.8 Å². The van der Waals surface area contributed by atoms with Gasteiger partial charge in [-0.15, -0.1) is 0 Å². The molecule has 0 saturated carbocycles. The minimum Gasteiger partial charge on any atom is -0.451 e. The molecule has 0 aliphatic carbocycles. The Kier molecular flexibility index (Phi) is 2.49. The number of hydrogen-bond acceptors (Lipinski definition) is 4. The lowest BCUT2D eigenvalue weighted by atomic mass is 10.2. The van der Waals surface area contributed by atoms with E-state index in [4.69, 9.17) is 4.42 Å². The molecule has 5 heteroatoms. The van der Waals surface area contributed by atoms with Crippen molar-refractivity contribution < 1.29 is 9.21 Å². The van der Waals surface area contributed by atoms with Crippen LogP contribution >= 0.6 is 0 Å². The van der Waals surface area contributed by atoms with Crippen LogP contribution in [-0.4, -0.2) is 41.5 Å². The third kappa shape index (κ3) is 1.63. The third-order valence-corrected chi connectivity index (χ3v) is 2.41. The zero-order valence-electron chi connectivity index (χ0n) is 8.06. The van der Waals surface area contributed by atoms with Crippen LogP contribution < -0.4 is 5.32 Å². The van der Waals surface area contributed by atoms with Crippen molar-refractivity contribution in [1.82, 2.24) is 15.2 Å². The summed E-state index contributed by atoms with van der Waals surface area (Å²) in [6, 6.07) is 0.216. The molecule has 1 aliphatic heterocycles. The van der Waals surface area contributed by atoms with Gasteiger partial charge in [-0.2, -0.15) is 0 Å². The minimum absolute atomic E-state index is 0.0484. The highest BCUT2D eigenvalue weighted by Crippen LogP contribution is 2.08. The predicted molar refractivity (Wildman–Crippen MR) is 49.9 cm³/mol. The fourth-order valence-electron chi connectivity index (χ4n) is 1.61. The topological polar surface area (TPSA) is 58.4 Å². The molecule has 1 aliphatic rings. The Morgan fingerprint density at radius 2 is 2.64 bits per heavy atom. The fraction of sp³-hybridized carbons (Fsp3) is 0.556. The fourth-order valence-corrected chi connectivity index (χ4v) is 1.61. The monoisotopic (exact) mass is 195 g/mol. The van der Waals surface area contributed by atoms with Crippen molar-refractivity contribution in [1.29, 1.82) is 0 Å². The third-order valence-electron chi connectivity index (χ3n) is 2.41. The summed E-state index contributed by atoms with van der Waals surface area (Å²) in [5, 5.41) is 3.23. The average Bonchev–Trinajstić information content (AvgIpc) is 2.70. The lowest BCUT2D eigenvalue weighted by Crippen LogP contribution is -2.52. The second kappa shape index (κ2) is 3.79. The molecule has 0 radical (unpaired) electrons. The molecule has 0 spiro atoms. The van der Waals surface area contributed by atoms with Crippen LogP contribution in [-0.2, 0) is 0 Å². The van der Waals surface area contributed by atoms with Crippen LogP contribution in [0.4, 0.5) is 0 Å². The molecule has 14 heavy (non-hydrogen) atoms. The van der Waals surface area contributed by atoms with E-state index >= 15 is 0 Å². The summed E-state index contributed by atoms with van der Waals surface area (Å²) in [6.07, 6.45) is 2.66. The molecular weight excluding hydrogens is 182 g/mol. The van der Waals surface area contributed by atoms with Crippen molar-refractivity contribution in [2.75, 3.05) is 19.6 Å². The van der Waals surface area contributed by atoms with Crippen molar-refractivity contribution in [3.8, 4) is 0 Å². The van der Waals surface area contributed by atoms with Gasteiger partial charge in [0.2, 0.25) is 0 Å². The van der Waals surface area contributed by atoms with Gasteiger partial charge in [0.1, 0.15) is 6.26 Å². The Hall–Kier alpha value is -1.36. The first kappa shape index (κ1) is 9.21. The van der Waals surface area contributed by atoms with E-state index in [0.717, 1.165) is 19.6 Å². The van der Waals surface area contributed by atoms with Crippen LogP contribution in [0.2, 0.25) is 0 Å². The molecule has 0 bridgehead atoms. The molecular formula is C9H13N3O2. The molecule has 1 atom stereocenters. The van der Waals surface area contributed by atoms with E-state index in [-0.39, 0.29) is 11.9 Å². The molecule has 5 nitrogen and oxygen atoms in total. The SMILES string of the molecule is CC1CNCCN1C(=O)c1cocn1. The Bertz CT molecular complexity index is 310. The highest BCUT2D eigenvalue weighted by Gasteiger charge is 2.25. The molecule has 76 valence electrons. The highest BCUT2D eigenvalue weighted by molar-refractivity contribution is 5.92. The van der Waals surface area contributed by atoms with Crippen molar-refractivity contribution in [2.24, 2.45) is 0 Å². The highest BCUT2D eigenvalue weighted by atomic mass is 16.3. The largest absolute Gasteiger partial charge is 0.451 e. The molecule has 2 rings (SSSR count). The molecule has 1 aromatic rings. The Morgan fingerprint density at radius 3 is 3.29 bits per heavy atom. The predicted octanol–water partition coefficient (Wildman–Crippen LogP) is 0.108. The normalized spacial score (nSPS) is 22.4. The van der Waals surface area contributed by atoms with Gasteiger partial charge in [0, 0.05) is 25.7 Å². The van der Waals surface area contributed by atoms with Gasteiger partial charge in [-0.05, 0) is 6.92 Å². The maximum atomic E-state index is 11.8. The van der Waals surface area contributed by atoms with Gasteiger partial charge in [-0.1, -0.05) is 0 Å². The standard InChI is InChI=1S/C9H13N3O2/c1-7-4-10-2-3-12(7)9(13)8-5-14-6-11-8/h5-7,10H,2-4H2,1H3. The van der Waals surface area contributed by atoms with Crippen molar-refractivity contribution in [3.05, 3.63) is 18.4 Å². The number of aromatic nitrogens is 1. The van der Waals surface area contributed by atoms with E-state index in [2.05, 4.69) is 10.3 Å². The van der Waals surface area contributed by atoms with Crippen LogP contribution in [0.3, 0.4) is 0 Å². The quantitative estimate of drug-likeness (QED) is 0.691. The van der Waals surface area contributed by atoms with Crippen molar-refractivity contribution >= 4 is 5.91 Å². The first-order valence-electron chi connectivity index (χ1n) is 4.69.